The Morgan fingerprint density at radius 1 is 1.46 bits per heavy atom. The van der Waals surface area contributed by atoms with E-state index in [9.17, 15) is 4.79 Å². The summed E-state index contributed by atoms with van der Waals surface area (Å²) in [5.41, 5.74) is 0. The average molecular weight is 180 g/mol. The number of amides is 1. The molecule has 0 unspecified atom stereocenters. The molecule has 5 nitrogen and oxygen atoms in total. The summed E-state index contributed by atoms with van der Waals surface area (Å²) in [6.45, 7) is 3.26. The maximum atomic E-state index is 11.7. The molecule has 2 heterocycles. The van der Waals surface area contributed by atoms with Gasteiger partial charge in [-0.2, -0.15) is 0 Å². The lowest BCUT2D eigenvalue weighted by Gasteiger charge is -2.26. The van der Waals surface area contributed by atoms with E-state index in [4.69, 9.17) is 0 Å². The number of rotatable bonds is 1. The van der Waals surface area contributed by atoms with Crippen molar-refractivity contribution in [1.29, 1.82) is 0 Å². The van der Waals surface area contributed by atoms with Crippen molar-refractivity contribution >= 4 is 5.91 Å². The highest BCUT2D eigenvalue weighted by Gasteiger charge is 2.18. The van der Waals surface area contributed by atoms with E-state index in [0.29, 0.717) is 5.82 Å². The third-order valence-electron chi connectivity index (χ3n) is 2.11. The summed E-state index contributed by atoms with van der Waals surface area (Å²) in [5.74, 6) is 0.424. The van der Waals surface area contributed by atoms with E-state index in [1.54, 1.807) is 17.3 Å². The summed E-state index contributed by atoms with van der Waals surface area (Å²) in [7, 11) is 0. The van der Waals surface area contributed by atoms with Crippen molar-refractivity contribution in [2.75, 3.05) is 26.2 Å². The molecule has 0 saturated carbocycles. The van der Waals surface area contributed by atoms with Crippen LogP contribution in [0.15, 0.2) is 12.4 Å². The minimum Gasteiger partial charge on any atom is -0.341 e. The molecule has 0 radical (unpaired) electrons. The fraction of sp³-hybridized carbons (Fsp3) is 0.500. The van der Waals surface area contributed by atoms with E-state index < -0.39 is 0 Å². The summed E-state index contributed by atoms with van der Waals surface area (Å²) in [6, 6.07) is 0. The number of carbonyl (C=O) groups is 1. The molecule has 1 aromatic rings. The number of hydrogen-bond donors (Lipinski definition) is 2. The van der Waals surface area contributed by atoms with Gasteiger partial charge in [0.15, 0.2) is 5.82 Å². The second-order valence-corrected chi connectivity index (χ2v) is 2.98. The van der Waals surface area contributed by atoms with Crippen LogP contribution in [-0.4, -0.2) is 47.0 Å². The van der Waals surface area contributed by atoms with Crippen molar-refractivity contribution in [3.63, 3.8) is 0 Å². The Hall–Kier alpha value is -1.36. The van der Waals surface area contributed by atoms with Gasteiger partial charge in [-0.15, -0.1) is 0 Å². The Morgan fingerprint density at radius 3 is 2.85 bits per heavy atom. The van der Waals surface area contributed by atoms with Crippen molar-refractivity contribution in [1.82, 2.24) is 20.2 Å². The molecular formula is C8H12N4O. The minimum atomic E-state index is -0.00787. The van der Waals surface area contributed by atoms with Crippen molar-refractivity contribution < 1.29 is 4.79 Å². The zero-order chi connectivity index (χ0) is 9.10. The lowest BCUT2D eigenvalue weighted by Crippen LogP contribution is -2.46. The first-order chi connectivity index (χ1) is 6.38. The number of hydrogen-bond acceptors (Lipinski definition) is 3. The molecule has 70 valence electrons. The van der Waals surface area contributed by atoms with Crippen LogP contribution in [-0.2, 0) is 0 Å². The second kappa shape index (κ2) is 3.57. The summed E-state index contributed by atoms with van der Waals surface area (Å²) < 4.78 is 0. The number of imidazole rings is 1. The van der Waals surface area contributed by atoms with Crippen LogP contribution in [0.1, 0.15) is 10.6 Å². The summed E-state index contributed by atoms with van der Waals surface area (Å²) in [5, 5.41) is 3.19. The summed E-state index contributed by atoms with van der Waals surface area (Å²) >= 11 is 0. The van der Waals surface area contributed by atoms with Gasteiger partial charge in [0, 0.05) is 38.6 Å². The van der Waals surface area contributed by atoms with Gasteiger partial charge in [-0.1, -0.05) is 0 Å². The molecule has 0 bridgehead atoms. The highest BCUT2D eigenvalue weighted by atomic mass is 16.2. The lowest BCUT2D eigenvalue weighted by atomic mass is 10.3. The highest BCUT2D eigenvalue weighted by molar-refractivity contribution is 5.90. The fourth-order valence-corrected chi connectivity index (χ4v) is 1.40. The van der Waals surface area contributed by atoms with Gasteiger partial charge in [-0.05, 0) is 0 Å². The van der Waals surface area contributed by atoms with Gasteiger partial charge in [0.25, 0.3) is 5.91 Å². The second-order valence-electron chi connectivity index (χ2n) is 2.98. The van der Waals surface area contributed by atoms with Gasteiger partial charge in [-0.3, -0.25) is 4.79 Å². The summed E-state index contributed by atoms with van der Waals surface area (Å²) in [4.78, 5) is 20.2. The smallest absolute Gasteiger partial charge is 0.289 e. The molecule has 0 atom stereocenters. The molecule has 1 aromatic heterocycles. The van der Waals surface area contributed by atoms with Crippen LogP contribution in [0.4, 0.5) is 0 Å². The average Bonchev–Trinajstić information content (AvgIpc) is 2.71. The maximum absolute atomic E-state index is 11.7. The van der Waals surface area contributed by atoms with Gasteiger partial charge in [0.1, 0.15) is 0 Å². The number of piperazine rings is 1. The minimum absolute atomic E-state index is 0.00787. The first-order valence-electron chi connectivity index (χ1n) is 4.37. The molecular weight excluding hydrogens is 168 g/mol. The third kappa shape index (κ3) is 1.70. The van der Waals surface area contributed by atoms with Gasteiger partial charge < -0.3 is 15.2 Å². The number of nitrogens with zero attached hydrogens (tertiary/aromatic N) is 2. The molecule has 2 N–H and O–H groups in total. The molecule has 1 fully saturated rings. The van der Waals surface area contributed by atoms with Crippen molar-refractivity contribution in [3.8, 4) is 0 Å². The molecule has 1 amide bonds. The Kier molecular flexibility index (Phi) is 2.27. The van der Waals surface area contributed by atoms with Crippen LogP contribution in [0.5, 0.6) is 0 Å². The zero-order valence-electron chi connectivity index (χ0n) is 7.29. The standard InChI is InChI=1S/C8H12N4O/c13-8(7-10-1-2-11-7)12-5-3-9-4-6-12/h1-2,9H,3-6H2,(H,10,11). The molecule has 0 spiro atoms. The van der Waals surface area contributed by atoms with E-state index in [2.05, 4.69) is 15.3 Å². The third-order valence-corrected chi connectivity index (χ3v) is 2.11. The predicted molar refractivity (Wildman–Crippen MR) is 47.4 cm³/mol. The van der Waals surface area contributed by atoms with Crippen LogP contribution >= 0.6 is 0 Å². The molecule has 1 aliphatic heterocycles. The Bertz CT molecular complexity index is 276. The molecule has 5 heteroatoms. The van der Waals surface area contributed by atoms with Gasteiger partial charge in [0.05, 0.1) is 0 Å². The molecule has 0 aliphatic carbocycles. The highest BCUT2D eigenvalue weighted by Crippen LogP contribution is 1.99. The number of H-pyrrole nitrogens is 1. The van der Waals surface area contributed by atoms with Crippen LogP contribution in [0.2, 0.25) is 0 Å². The van der Waals surface area contributed by atoms with Crippen LogP contribution in [0.3, 0.4) is 0 Å². The Labute approximate surface area is 76.2 Å². The van der Waals surface area contributed by atoms with Crippen molar-refractivity contribution in [2.45, 2.75) is 0 Å². The Morgan fingerprint density at radius 2 is 2.23 bits per heavy atom. The van der Waals surface area contributed by atoms with E-state index in [-0.39, 0.29) is 5.91 Å². The number of aromatic nitrogens is 2. The van der Waals surface area contributed by atoms with Crippen molar-refractivity contribution in [3.05, 3.63) is 18.2 Å². The topological polar surface area (TPSA) is 61.0 Å². The van der Waals surface area contributed by atoms with E-state index in [1.165, 1.54) is 0 Å². The first-order valence-corrected chi connectivity index (χ1v) is 4.37. The number of nitrogens with one attached hydrogen (secondary N) is 2. The van der Waals surface area contributed by atoms with E-state index in [0.717, 1.165) is 26.2 Å². The quantitative estimate of drug-likeness (QED) is 0.610. The molecule has 0 aromatic carbocycles. The maximum Gasteiger partial charge on any atom is 0.289 e. The Balaban J connectivity index is 2.04. The number of carbonyl (C=O) groups excluding carboxylic acids is 1. The predicted octanol–water partition coefficient (Wildman–Crippen LogP) is -0.545. The van der Waals surface area contributed by atoms with Crippen LogP contribution in [0, 0.1) is 0 Å². The molecule has 1 aliphatic rings. The van der Waals surface area contributed by atoms with Crippen LogP contribution in [0.25, 0.3) is 0 Å². The monoisotopic (exact) mass is 180 g/mol. The van der Waals surface area contributed by atoms with E-state index in [1.807, 2.05) is 0 Å². The SMILES string of the molecule is O=C(c1ncc[nH]1)N1CCNCC1. The normalized spacial score (nSPS) is 17.4. The molecule has 1 saturated heterocycles. The van der Waals surface area contributed by atoms with E-state index >= 15 is 0 Å². The first kappa shape index (κ1) is 8.25. The molecule has 13 heavy (non-hydrogen) atoms. The number of aromatic amines is 1. The van der Waals surface area contributed by atoms with Crippen LogP contribution < -0.4 is 5.32 Å². The van der Waals surface area contributed by atoms with Gasteiger partial charge in [0.2, 0.25) is 0 Å². The zero-order valence-corrected chi connectivity index (χ0v) is 7.29. The fourth-order valence-electron chi connectivity index (χ4n) is 1.40. The van der Waals surface area contributed by atoms with Gasteiger partial charge in [-0.25, -0.2) is 4.98 Å². The van der Waals surface area contributed by atoms with Gasteiger partial charge >= 0.3 is 0 Å². The van der Waals surface area contributed by atoms with Crippen molar-refractivity contribution in [2.24, 2.45) is 0 Å². The lowest BCUT2D eigenvalue weighted by molar-refractivity contribution is 0.0724. The summed E-state index contributed by atoms with van der Waals surface area (Å²) in [6.07, 6.45) is 3.25. The largest absolute Gasteiger partial charge is 0.341 e. The molecule has 2 rings (SSSR count).